The zero-order chi connectivity index (χ0) is 14.8. The van der Waals surface area contributed by atoms with Crippen molar-refractivity contribution in [3.63, 3.8) is 0 Å². The number of hydrogen-bond acceptors (Lipinski definition) is 5. The van der Waals surface area contributed by atoms with Crippen LogP contribution in [0.4, 0.5) is 11.4 Å². The number of anilines is 2. The van der Waals surface area contributed by atoms with Gasteiger partial charge >= 0.3 is 0 Å². The van der Waals surface area contributed by atoms with Crippen LogP contribution < -0.4 is 11.5 Å². The standard InChI is InChI=1S/C11H14N2O.2CH2O/c1-11(2,14)6-5-8-3-4-9(12)10(13)7-8;2*1-2/h3-4,7,14H,12-13H2,1-2H3;2*1H2. The first kappa shape index (κ1) is 18.1. The van der Waals surface area contributed by atoms with Crippen molar-refractivity contribution in [3.8, 4) is 11.8 Å². The van der Waals surface area contributed by atoms with Crippen LogP contribution in [-0.4, -0.2) is 24.3 Å². The van der Waals surface area contributed by atoms with Crippen molar-refractivity contribution in [1.82, 2.24) is 0 Å². The predicted octanol–water partition coefficient (Wildman–Crippen LogP) is 0.604. The maximum atomic E-state index is 9.37. The third-order valence-corrected chi connectivity index (χ3v) is 1.60. The summed E-state index contributed by atoms with van der Waals surface area (Å²) < 4.78 is 0. The second-order valence-electron chi connectivity index (χ2n) is 3.65. The van der Waals surface area contributed by atoms with E-state index in [0.29, 0.717) is 11.4 Å². The van der Waals surface area contributed by atoms with Gasteiger partial charge in [-0.1, -0.05) is 11.8 Å². The average molecular weight is 250 g/mol. The molecule has 0 aliphatic rings. The number of hydrogen-bond donors (Lipinski definition) is 3. The highest BCUT2D eigenvalue weighted by atomic mass is 16.3. The molecule has 0 saturated carbocycles. The topological polar surface area (TPSA) is 106 Å². The molecular weight excluding hydrogens is 232 g/mol. The normalized spacial score (nSPS) is 8.61. The number of nitrogens with two attached hydrogens (primary N) is 2. The Morgan fingerprint density at radius 3 is 2.00 bits per heavy atom. The number of carbonyl (C=O) groups excluding carboxylic acids is 2. The van der Waals surface area contributed by atoms with Crippen LogP contribution in [0, 0.1) is 11.8 Å². The number of benzene rings is 1. The number of carbonyl (C=O) groups is 2. The highest BCUT2D eigenvalue weighted by Gasteiger charge is 2.05. The van der Waals surface area contributed by atoms with Crippen molar-refractivity contribution in [2.45, 2.75) is 19.4 Å². The minimum atomic E-state index is -0.990. The van der Waals surface area contributed by atoms with Gasteiger partial charge in [0.15, 0.2) is 0 Å². The summed E-state index contributed by atoms with van der Waals surface area (Å²) in [6.07, 6.45) is 0. The van der Waals surface area contributed by atoms with Gasteiger partial charge in [-0.25, -0.2) is 0 Å². The van der Waals surface area contributed by atoms with E-state index < -0.39 is 5.60 Å². The minimum Gasteiger partial charge on any atom is -0.397 e. The molecule has 0 saturated heterocycles. The molecule has 0 aromatic heterocycles. The van der Waals surface area contributed by atoms with Crippen molar-refractivity contribution >= 4 is 25.0 Å². The molecule has 0 unspecified atom stereocenters. The first-order valence-corrected chi connectivity index (χ1v) is 4.87. The van der Waals surface area contributed by atoms with E-state index in [4.69, 9.17) is 21.1 Å². The van der Waals surface area contributed by atoms with Crippen molar-refractivity contribution in [2.24, 2.45) is 0 Å². The van der Waals surface area contributed by atoms with E-state index in [-0.39, 0.29) is 0 Å². The van der Waals surface area contributed by atoms with Crippen LogP contribution in [-0.2, 0) is 9.59 Å². The third kappa shape index (κ3) is 7.91. The summed E-state index contributed by atoms with van der Waals surface area (Å²) in [5.41, 5.74) is 12.0. The van der Waals surface area contributed by atoms with Crippen LogP contribution in [0.15, 0.2) is 18.2 Å². The molecule has 18 heavy (non-hydrogen) atoms. The van der Waals surface area contributed by atoms with E-state index in [1.807, 2.05) is 13.6 Å². The Morgan fingerprint density at radius 1 is 1.11 bits per heavy atom. The lowest BCUT2D eigenvalue weighted by molar-refractivity contribution is -0.0987. The van der Waals surface area contributed by atoms with Gasteiger partial charge in [-0.3, -0.25) is 0 Å². The molecule has 0 atom stereocenters. The van der Waals surface area contributed by atoms with Crippen LogP contribution >= 0.6 is 0 Å². The highest BCUT2D eigenvalue weighted by molar-refractivity contribution is 5.65. The van der Waals surface area contributed by atoms with E-state index in [1.165, 1.54) is 0 Å². The maximum absolute atomic E-state index is 9.37. The van der Waals surface area contributed by atoms with Gasteiger partial charge < -0.3 is 26.2 Å². The summed E-state index contributed by atoms with van der Waals surface area (Å²) in [4.78, 5) is 16.0. The van der Waals surface area contributed by atoms with Gasteiger partial charge in [-0.2, -0.15) is 0 Å². The molecule has 98 valence electrons. The monoisotopic (exact) mass is 250 g/mol. The van der Waals surface area contributed by atoms with Gasteiger partial charge in [0.1, 0.15) is 19.2 Å². The van der Waals surface area contributed by atoms with Crippen LogP contribution in [0.2, 0.25) is 0 Å². The summed E-state index contributed by atoms with van der Waals surface area (Å²) in [5, 5.41) is 9.37. The minimum absolute atomic E-state index is 0.507. The Balaban J connectivity index is 0. The van der Waals surface area contributed by atoms with E-state index >= 15 is 0 Å². The van der Waals surface area contributed by atoms with Gasteiger partial charge in [0.25, 0.3) is 0 Å². The lowest BCUT2D eigenvalue weighted by Crippen LogP contribution is -2.14. The van der Waals surface area contributed by atoms with Crippen LogP contribution in [0.5, 0.6) is 0 Å². The predicted molar refractivity (Wildman–Crippen MR) is 72.7 cm³/mol. The Bertz CT molecular complexity index is 426. The maximum Gasteiger partial charge on any atom is 0.120 e. The summed E-state index contributed by atoms with van der Waals surface area (Å²) in [5.74, 6) is 5.51. The molecule has 1 aromatic rings. The van der Waals surface area contributed by atoms with Gasteiger partial charge in [0.2, 0.25) is 0 Å². The van der Waals surface area contributed by atoms with E-state index in [9.17, 15) is 5.11 Å². The zero-order valence-corrected chi connectivity index (χ0v) is 10.6. The third-order valence-electron chi connectivity index (χ3n) is 1.60. The van der Waals surface area contributed by atoms with E-state index in [2.05, 4.69) is 11.8 Å². The van der Waals surface area contributed by atoms with Gasteiger partial charge in [0.05, 0.1) is 11.4 Å². The molecule has 0 spiro atoms. The van der Waals surface area contributed by atoms with Gasteiger partial charge in [-0.15, -0.1) is 0 Å². The van der Waals surface area contributed by atoms with Crippen LogP contribution in [0.1, 0.15) is 19.4 Å². The summed E-state index contributed by atoms with van der Waals surface area (Å²) in [6, 6.07) is 5.15. The molecule has 0 radical (unpaired) electrons. The molecule has 0 amide bonds. The number of aliphatic hydroxyl groups is 1. The number of rotatable bonds is 0. The largest absolute Gasteiger partial charge is 0.397 e. The Labute approximate surface area is 107 Å². The first-order valence-electron chi connectivity index (χ1n) is 4.87. The summed E-state index contributed by atoms with van der Waals surface area (Å²) in [6.45, 7) is 7.25. The SMILES string of the molecule is C=O.C=O.CC(C)(O)C#Cc1ccc(N)c(N)c1. The highest BCUT2D eigenvalue weighted by Crippen LogP contribution is 2.15. The Kier molecular flexibility index (Phi) is 8.82. The van der Waals surface area contributed by atoms with E-state index in [0.717, 1.165) is 5.56 Å². The van der Waals surface area contributed by atoms with Crippen molar-refractivity contribution in [3.05, 3.63) is 23.8 Å². The molecule has 1 rings (SSSR count). The number of nitrogen functional groups attached to an aromatic ring is 2. The molecule has 5 nitrogen and oxygen atoms in total. The van der Waals surface area contributed by atoms with Gasteiger partial charge in [-0.05, 0) is 32.0 Å². The van der Waals surface area contributed by atoms with Gasteiger partial charge in [0, 0.05) is 5.56 Å². The molecular formula is C13H18N2O3. The quantitative estimate of drug-likeness (QED) is 0.462. The van der Waals surface area contributed by atoms with E-state index in [1.54, 1.807) is 32.0 Å². The first-order chi connectivity index (χ1) is 8.38. The zero-order valence-electron chi connectivity index (χ0n) is 10.6. The molecule has 5 N–H and O–H groups in total. The molecule has 0 fully saturated rings. The lowest BCUT2D eigenvalue weighted by atomic mass is 10.1. The van der Waals surface area contributed by atoms with Crippen LogP contribution in [0.25, 0.3) is 0 Å². The van der Waals surface area contributed by atoms with Crippen LogP contribution in [0.3, 0.4) is 0 Å². The second kappa shape index (κ2) is 8.79. The molecule has 0 heterocycles. The Morgan fingerprint density at radius 2 is 1.61 bits per heavy atom. The van der Waals surface area contributed by atoms with Crippen molar-refractivity contribution in [1.29, 1.82) is 0 Å². The fourth-order valence-electron chi connectivity index (χ4n) is 0.878. The average Bonchev–Trinajstić information content (AvgIpc) is 2.35. The fraction of sp³-hybridized carbons (Fsp3) is 0.231. The lowest BCUT2D eigenvalue weighted by Gasteiger charge is -2.06. The molecule has 0 aliphatic carbocycles. The summed E-state index contributed by atoms with van der Waals surface area (Å²) >= 11 is 0. The van der Waals surface area contributed by atoms with Crippen molar-refractivity contribution < 1.29 is 14.7 Å². The molecule has 1 aromatic carbocycles. The molecule has 0 bridgehead atoms. The summed E-state index contributed by atoms with van der Waals surface area (Å²) in [7, 11) is 0. The smallest absolute Gasteiger partial charge is 0.120 e. The molecule has 0 aliphatic heterocycles. The Hall–Kier alpha value is -2.32. The second-order valence-corrected chi connectivity index (χ2v) is 3.65. The molecule has 5 heteroatoms. The fourth-order valence-corrected chi connectivity index (χ4v) is 0.878. The van der Waals surface area contributed by atoms with Crippen molar-refractivity contribution in [2.75, 3.05) is 11.5 Å².